The molecular formula is C13H24N2O2S. The second-order valence-electron chi connectivity index (χ2n) is 5.38. The molecule has 0 radical (unpaired) electrons. The summed E-state index contributed by atoms with van der Waals surface area (Å²) >= 11 is 1.69. The molecule has 0 aromatic heterocycles. The van der Waals surface area contributed by atoms with Gasteiger partial charge in [0.2, 0.25) is 11.8 Å². The van der Waals surface area contributed by atoms with Crippen molar-refractivity contribution in [1.82, 2.24) is 10.2 Å². The van der Waals surface area contributed by atoms with Crippen molar-refractivity contribution in [3.63, 3.8) is 0 Å². The van der Waals surface area contributed by atoms with Gasteiger partial charge in [0.25, 0.3) is 0 Å². The molecule has 0 aromatic rings. The molecule has 1 aliphatic heterocycles. The molecule has 2 atom stereocenters. The van der Waals surface area contributed by atoms with Crippen LogP contribution in [0.3, 0.4) is 0 Å². The molecule has 0 bridgehead atoms. The monoisotopic (exact) mass is 272 g/mol. The Morgan fingerprint density at radius 2 is 2.06 bits per heavy atom. The summed E-state index contributed by atoms with van der Waals surface area (Å²) in [5.74, 6) is 1.04. The maximum absolute atomic E-state index is 12.5. The van der Waals surface area contributed by atoms with Crippen LogP contribution in [0.5, 0.6) is 0 Å². The van der Waals surface area contributed by atoms with Crippen molar-refractivity contribution in [1.29, 1.82) is 0 Å². The van der Waals surface area contributed by atoms with Crippen molar-refractivity contribution in [2.75, 3.05) is 18.6 Å². The van der Waals surface area contributed by atoms with Crippen molar-refractivity contribution >= 4 is 23.6 Å². The van der Waals surface area contributed by atoms with Crippen molar-refractivity contribution in [3.05, 3.63) is 0 Å². The van der Waals surface area contributed by atoms with Gasteiger partial charge in [-0.2, -0.15) is 11.8 Å². The molecule has 0 aliphatic carbocycles. The average Bonchev–Trinajstić information content (AvgIpc) is 2.33. The van der Waals surface area contributed by atoms with E-state index < -0.39 is 5.54 Å². The molecule has 0 aromatic carbocycles. The van der Waals surface area contributed by atoms with Crippen LogP contribution in [0.25, 0.3) is 0 Å². The zero-order chi connectivity index (χ0) is 13.9. The number of nitrogens with one attached hydrogen (secondary N) is 1. The van der Waals surface area contributed by atoms with Gasteiger partial charge in [-0.3, -0.25) is 9.59 Å². The second-order valence-corrected chi connectivity index (χ2v) is 6.36. The Bertz CT molecular complexity index is 331. The topological polar surface area (TPSA) is 49.4 Å². The van der Waals surface area contributed by atoms with Crippen LogP contribution in [0.2, 0.25) is 0 Å². The molecule has 1 saturated heterocycles. The first-order chi connectivity index (χ1) is 8.36. The minimum atomic E-state index is -0.739. The van der Waals surface area contributed by atoms with Gasteiger partial charge in [0.05, 0.1) is 0 Å². The molecule has 1 aliphatic rings. The predicted octanol–water partition coefficient (Wildman–Crippen LogP) is 1.50. The van der Waals surface area contributed by atoms with E-state index in [1.54, 1.807) is 16.7 Å². The molecular weight excluding hydrogens is 248 g/mol. The Kier molecular flexibility index (Phi) is 5.08. The summed E-state index contributed by atoms with van der Waals surface area (Å²) in [6.07, 6.45) is 2.89. The number of rotatable bonds is 5. The van der Waals surface area contributed by atoms with Crippen molar-refractivity contribution < 1.29 is 9.59 Å². The Morgan fingerprint density at radius 3 is 2.56 bits per heavy atom. The fraction of sp³-hybridized carbons (Fsp3) is 0.846. The van der Waals surface area contributed by atoms with E-state index in [4.69, 9.17) is 0 Å². The third-order valence-corrected chi connectivity index (χ3v) is 4.37. The summed E-state index contributed by atoms with van der Waals surface area (Å²) in [4.78, 5) is 26.4. The Hall–Kier alpha value is -0.710. The number of hydrogen-bond acceptors (Lipinski definition) is 3. The first kappa shape index (κ1) is 15.3. The second kappa shape index (κ2) is 5.95. The molecule has 104 valence electrons. The van der Waals surface area contributed by atoms with E-state index in [0.717, 1.165) is 12.2 Å². The summed E-state index contributed by atoms with van der Waals surface area (Å²) in [6.45, 7) is 8.30. The summed E-state index contributed by atoms with van der Waals surface area (Å²) in [5, 5.41) is 2.88. The van der Waals surface area contributed by atoms with Gasteiger partial charge in [0.1, 0.15) is 11.6 Å². The molecule has 1 heterocycles. The molecule has 2 amide bonds. The lowest BCUT2D eigenvalue weighted by Crippen LogP contribution is -2.69. The maximum atomic E-state index is 12.5. The molecule has 0 spiro atoms. The van der Waals surface area contributed by atoms with E-state index in [1.807, 2.05) is 34.0 Å². The molecule has 18 heavy (non-hydrogen) atoms. The number of carbonyl (C=O) groups excluding carboxylic acids is 2. The summed E-state index contributed by atoms with van der Waals surface area (Å²) < 4.78 is 0. The first-order valence-corrected chi connectivity index (χ1v) is 7.87. The van der Waals surface area contributed by atoms with E-state index in [-0.39, 0.29) is 23.8 Å². The van der Waals surface area contributed by atoms with Gasteiger partial charge in [0.15, 0.2) is 0 Å². The van der Waals surface area contributed by atoms with E-state index in [9.17, 15) is 9.59 Å². The van der Waals surface area contributed by atoms with Gasteiger partial charge in [-0.05, 0) is 26.0 Å². The van der Waals surface area contributed by atoms with Crippen LogP contribution in [0, 0.1) is 5.92 Å². The van der Waals surface area contributed by atoms with Gasteiger partial charge in [-0.25, -0.2) is 0 Å². The van der Waals surface area contributed by atoms with Crippen molar-refractivity contribution in [2.24, 2.45) is 5.92 Å². The van der Waals surface area contributed by atoms with Crippen LogP contribution in [-0.4, -0.2) is 46.8 Å². The third-order valence-electron chi connectivity index (χ3n) is 3.78. The minimum Gasteiger partial charge on any atom is -0.342 e. The molecule has 1 rings (SSSR count). The zero-order valence-electron chi connectivity index (χ0n) is 11.9. The Labute approximate surface area is 114 Å². The molecule has 0 saturated carbocycles. The van der Waals surface area contributed by atoms with Gasteiger partial charge in [0, 0.05) is 12.3 Å². The van der Waals surface area contributed by atoms with Gasteiger partial charge < -0.3 is 10.2 Å². The van der Waals surface area contributed by atoms with Crippen LogP contribution in [0.1, 0.15) is 34.1 Å². The van der Waals surface area contributed by atoms with Gasteiger partial charge >= 0.3 is 0 Å². The lowest BCUT2D eigenvalue weighted by molar-refractivity contribution is -0.156. The highest BCUT2D eigenvalue weighted by Gasteiger charge is 2.46. The maximum Gasteiger partial charge on any atom is 0.246 e. The number of hydrogen-bond donors (Lipinski definition) is 1. The summed E-state index contributed by atoms with van der Waals surface area (Å²) in [7, 11) is 0. The Morgan fingerprint density at radius 1 is 1.44 bits per heavy atom. The Balaban J connectivity index is 2.94. The smallest absolute Gasteiger partial charge is 0.246 e. The van der Waals surface area contributed by atoms with E-state index in [2.05, 4.69) is 5.32 Å². The quantitative estimate of drug-likeness (QED) is 0.825. The van der Waals surface area contributed by atoms with Gasteiger partial charge in [-0.1, -0.05) is 20.3 Å². The minimum absolute atomic E-state index is 0.0477. The van der Waals surface area contributed by atoms with Gasteiger partial charge in [-0.15, -0.1) is 0 Å². The van der Waals surface area contributed by atoms with Crippen LogP contribution >= 0.6 is 11.8 Å². The molecule has 4 nitrogen and oxygen atoms in total. The number of amides is 2. The molecule has 1 fully saturated rings. The van der Waals surface area contributed by atoms with Crippen LogP contribution in [0.4, 0.5) is 0 Å². The highest BCUT2D eigenvalue weighted by Crippen LogP contribution is 2.25. The highest BCUT2D eigenvalue weighted by atomic mass is 32.2. The SMILES string of the molecule is CCC(C)C1NC(=O)C(C)(C)N(CCSC)C1=O. The largest absolute Gasteiger partial charge is 0.342 e. The van der Waals surface area contributed by atoms with Crippen molar-refractivity contribution in [3.8, 4) is 0 Å². The van der Waals surface area contributed by atoms with Crippen LogP contribution in [-0.2, 0) is 9.59 Å². The standard InChI is InChI=1S/C13H24N2O2S/c1-6-9(2)10-11(16)15(7-8-18-5)13(3,4)12(17)14-10/h9-10H,6-8H2,1-5H3,(H,14,17). The predicted molar refractivity (Wildman–Crippen MR) is 75.6 cm³/mol. The highest BCUT2D eigenvalue weighted by molar-refractivity contribution is 7.98. The first-order valence-electron chi connectivity index (χ1n) is 6.47. The molecule has 5 heteroatoms. The number of thioether (sulfide) groups is 1. The summed E-state index contributed by atoms with van der Waals surface area (Å²) in [6, 6.07) is -0.364. The third kappa shape index (κ3) is 2.82. The van der Waals surface area contributed by atoms with Crippen LogP contribution < -0.4 is 5.32 Å². The van der Waals surface area contributed by atoms with E-state index in [1.165, 1.54) is 0 Å². The fourth-order valence-corrected chi connectivity index (χ4v) is 2.50. The lowest BCUT2D eigenvalue weighted by atomic mass is 9.89. The molecule has 1 N–H and O–H groups in total. The zero-order valence-corrected chi connectivity index (χ0v) is 12.8. The van der Waals surface area contributed by atoms with Crippen LogP contribution in [0.15, 0.2) is 0 Å². The van der Waals surface area contributed by atoms with E-state index >= 15 is 0 Å². The van der Waals surface area contributed by atoms with Crippen molar-refractivity contribution in [2.45, 2.75) is 45.7 Å². The van der Waals surface area contributed by atoms with E-state index in [0.29, 0.717) is 6.54 Å². The fourth-order valence-electron chi connectivity index (χ4n) is 2.14. The normalized spacial score (nSPS) is 24.9. The number of nitrogens with zero attached hydrogens (tertiary/aromatic N) is 1. The number of piperazine rings is 1. The number of carbonyl (C=O) groups is 2. The molecule has 2 unspecified atom stereocenters. The average molecular weight is 272 g/mol. The lowest BCUT2D eigenvalue weighted by Gasteiger charge is -2.45. The summed E-state index contributed by atoms with van der Waals surface area (Å²) in [5.41, 5.74) is -0.739.